The van der Waals surface area contributed by atoms with Gasteiger partial charge in [-0.1, -0.05) is 6.92 Å². The Labute approximate surface area is 91.3 Å². The Kier molecular flexibility index (Phi) is 3.97. The fraction of sp³-hybridized carbons (Fsp3) is 0.500. The van der Waals surface area contributed by atoms with E-state index in [0.29, 0.717) is 5.75 Å². The highest BCUT2D eigenvalue weighted by Gasteiger charge is 2.16. The molecule has 1 atom stereocenters. The van der Waals surface area contributed by atoms with Gasteiger partial charge in [0.05, 0.1) is 7.11 Å². The number of rotatable bonds is 4. The van der Waals surface area contributed by atoms with Crippen molar-refractivity contribution in [3.63, 3.8) is 0 Å². The molecule has 1 unspecified atom stereocenters. The molecule has 0 amide bonds. The topological polar surface area (TPSA) is 32.7 Å². The molecular formula is C12H19NO2. The van der Waals surface area contributed by atoms with Crippen molar-refractivity contribution in [2.75, 3.05) is 21.2 Å². The summed E-state index contributed by atoms with van der Waals surface area (Å²) in [5.74, 6) is 1.11. The van der Waals surface area contributed by atoms with Crippen LogP contribution in [-0.2, 0) is 0 Å². The zero-order chi connectivity index (χ0) is 11.4. The Morgan fingerprint density at radius 2 is 2.07 bits per heavy atom. The number of benzene rings is 1. The maximum absolute atomic E-state index is 9.80. The van der Waals surface area contributed by atoms with Gasteiger partial charge in [-0.25, -0.2) is 0 Å². The van der Waals surface area contributed by atoms with E-state index < -0.39 is 0 Å². The molecule has 1 N–H and O–H groups in total. The van der Waals surface area contributed by atoms with E-state index in [-0.39, 0.29) is 6.04 Å². The van der Waals surface area contributed by atoms with E-state index in [2.05, 4.69) is 11.8 Å². The fourth-order valence-corrected chi connectivity index (χ4v) is 1.79. The summed E-state index contributed by atoms with van der Waals surface area (Å²) >= 11 is 0. The van der Waals surface area contributed by atoms with Crippen LogP contribution in [0.3, 0.4) is 0 Å². The van der Waals surface area contributed by atoms with E-state index in [1.807, 2.05) is 20.2 Å². The summed E-state index contributed by atoms with van der Waals surface area (Å²) in [4.78, 5) is 2.09. The Hall–Kier alpha value is -1.22. The van der Waals surface area contributed by atoms with Gasteiger partial charge in [0.2, 0.25) is 0 Å². The average Bonchev–Trinajstić information content (AvgIpc) is 2.21. The van der Waals surface area contributed by atoms with Crippen LogP contribution in [0.25, 0.3) is 0 Å². The van der Waals surface area contributed by atoms with Gasteiger partial charge in [0.1, 0.15) is 11.5 Å². The zero-order valence-corrected chi connectivity index (χ0v) is 9.82. The number of phenolic OH excluding ortho intramolecular Hbond substituents is 1. The molecule has 0 bridgehead atoms. The minimum absolute atomic E-state index is 0.222. The molecule has 0 aliphatic carbocycles. The molecule has 0 aliphatic heterocycles. The van der Waals surface area contributed by atoms with Crippen LogP contribution in [0.4, 0.5) is 0 Å². The normalized spacial score (nSPS) is 12.9. The number of nitrogens with zero attached hydrogens (tertiary/aromatic N) is 1. The van der Waals surface area contributed by atoms with Crippen molar-refractivity contribution < 1.29 is 9.84 Å². The van der Waals surface area contributed by atoms with Gasteiger partial charge in [0, 0.05) is 11.6 Å². The molecule has 0 fully saturated rings. The lowest BCUT2D eigenvalue weighted by atomic mass is 10.0. The number of aromatic hydroxyl groups is 1. The van der Waals surface area contributed by atoms with Gasteiger partial charge in [-0.05, 0) is 38.7 Å². The molecule has 0 saturated heterocycles. The van der Waals surface area contributed by atoms with Crippen molar-refractivity contribution in [2.24, 2.45) is 0 Å². The van der Waals surface area contributed by atoms with Crippen LogP contribution in [0.1, 0.15) is 24.9 Å². The van der Waals surface area contributed by atoms with Gasteiger partial charge < -0.3 is 14.7 Å². The van der Waals surface area contributed by atoms with Gasteiger partial charge in [-0.15, -0.1) is 0 Å². The molecule has 15 heavy (non-hydrogen) atoms. The van der Waals surface area contributed by atoms with Crippen molar-refractivity contribution in [1.82, 2.24) is 4.90 Å². The maximum Gasteiger partial charge on any atom is 0.120 e. The maximum atomic E-state index is 9.80. The van der Waals surface area contributed by atoms with Crippen LogP contribution in [-0.4, -0.2) is 31.2 Å². The molecule has 0 spiro atoms. The zero-order valence-electron chi connectivity index (χ0n) is 9.82. The Bertz CT molecular complexity index is 323. The van der Waals surface area contributed by atoms with Crippen LogP contribution in [0.5, 0.6) is 11.5 Å². The summed E-state index contributed by atoms with van der Waals surface area (Å²) in [5.41, 5.74) is 0.918. The smallest absolute Gasteiger partial charge is 0.120 e. The number of phenols is 1. The van der Waals surface area contributed by atoms with E-state index in [4.69, 9.17) is 4.74 Å². The largest absolute Gasteiger partial charge is 0.508 e. The van der Waals surface area contributed by atoms with E-state index in [0.717, 1.165) is 17.7 Å². The Balaban J connectivity index is 3.09. The molecule has 0 saturated carbocycles. The minimum Gasteiger partial charge on any atom is -0.508 e. The Morgan fingerprint density at radius 1 is 1.40 bits per heavy atom. The molecule has 0 aromatic heterocycles. The van der Waals surface area contributed by atoms with Gasteiger partial charge in [0.15, 0.2) is 0 Å². The lowest BCUT2D eigenvalue weighted by Gasteiger charge is -2.24. The van der Waals surface area contributed by atoms with E-state index in [9.17, 15) is 5.11 Å². The summed E-state index contributed by atoms with van der Waals surface area (Å²) in [6.07, 6.45) is 0.952. The van der Waals surface area contributed by atoms with Crippen molar-refractivity contribution >= 4 is 0 Å². The molecule has 0 heterocycles. The summed E-state index contributed by atoms with van der Waals surface area (Å²) < 4.78 is 5.15. The van der Waals surface area contributed by atoms with Gasteiger partial charge in [-0.2, -0.15) is 0 Å². The molecular weight excluding hydrogens is 190 g/mol. The lowest BCUT2D eigenvalue weighted by Crippen LogP contribution is -2.19. The number of hydrogen-bond donors (Lipinski definition) is 1. The summed E-state index contributed by atoms with van der Waals surface area (Å²) in [6, 6.07) is 5.56. The molecule has 0 aliphatic rings. The first-order chi connectivity index (χ1) is 7.10. The van der Waals surface area contributed by atoms with Crippen LogP contribution < -0.4 is 4.74 Å². The van der Waals surface area contributed by atoms with E-state index >= 15 is 0 Å². The van der Waals surface area contributed by atoms with Crippen LogP contribution >= 0.6 is 0 Å². The van der Waals surface area contributed by atoms with Crippen molar-refractivity contribution in [2.45, 2.75) is 19.4 Å². The highest BCUT2D eigenvalue weighted by atomic mass is 16.5. The Morgan fingerprint density at radius 3 is 2.53 bits per heavy atom. The third-order valence-electron chi connectivity index (χ3n) is 2.60. The molecule has 1 rings (SSSR count). The molecule has 84 valence electrons. The number of ether oxygens (including phenoxy) is 1. The van der Waals surface area contributed by atoms with Crippen molar-refractivity contribution in [1.29, 1.82) is 0 Å². The SMILES string of the molecule is CCC(c1cc(OC)ccc1O)N(C)C. The third kappa shape index (κ3) is 2.63. The van der Waals surface area contributed by atoms with Gasteiger partial charge in [0.25, 0.3) is 0 Å². The third-order valence-corrected chi connectivity index (χ3v) is 2.60. The second kappa shape index (κ2) is 5.03. The van der Waals surface area contributed by atoms with Crippen molar-refractivity contribution in [3.05, 3.63) is 23.8 Å². The quantitative estimate of drug-likeness (QED) is 0.826. The first-order valence-corrected chi connectivity index (χ1v) is 5.13. The molecule has 0 radical (unpaired) electrons. The average molecular weight is 209 g/mol. The van der Waals surface area contributed by atoms with Gasteiger partial charge in [-0.3, -0.25) is 0 Å². The number of methoxy groups -OCH3 is 1. The first kappa shape index (κ1) is 11.9. The second-order valence-electron chi connectivity index (χ2n) is 3.81. The molecule has 3 nitrogen and oxygen atoms in total. The first-order valence-electron chi connectivity index (χ1n) is 5.13. The highest BCUT2D eigenvalue weighted by molar-refractivity contribution is 5.41. The second-order valence-corrected chi connectivity index (χ2v) is 3.81. The minimum atomic E-state index is 0.222. The van der Waals surface area contributed by atoms with Crippen LogP contribution in [0.2, 0.25) is 0 Å². The summed E-state index contributed by atoms with van der Waals surface area (Å²) in [5, 5.41) is 9.80. The van der Waals surface area contributed by atoms with Gasteiger partial charge >= 0.3 is 0 Å². The van der Waals surface area contributed by atoms with Crippen LogP contribution in [0.15, 0.2) is 18.2 Å². The predicted octanol–water partition coefficient (Wildman–Crippen LogP) is 2.41. The van der Waals surface area contributed by atoms with Crippen LogP contribution in [0, 0.1) is 0 Å². The molecule has 1 aromatic carbocycles. The fourth-order valence-electron chi connectivity index (χ4n) is 1.79. The molecule has 3 heteroatoms. The summed E-state index contributed by atoms with van der Waals surface area (Å²) in [7, 11) is 5.65. The highest BCUT2D eigenvalue weighted by Crippen LogP contribution is 2.32. The summed E-state index contributed by atoms with van der Waals surface area (Å²) in [6.45, 7) is 2.10. The lowest BCUT2D eigenvalue weighted by molar-refractivity contribution is 0.283. The number of hydrogen-bond acceptors (Lipinski definition) is 3. The van der Waals surface area contributed by atoms with Crippen molar-refractivity contribution in [3.8, 4) is 11.5 Å². The van der Waals surface area contributed by atoms with E-state index in [1.54, 1.807) is 19.2 Å². The van der Waals surface area contributed by atoms with E-state index in [1.165, 1.54) is 0 Å². The predicted molar refractivity (Wildman–Crippen MR) is 61.4 cm³/mol. The monoisotopic (exact) mass is 209 g/mol. The molecule has 1 aromatic rings. The standard InChI is InChI=1S/C12H19NO2/c1-5-11(13(2)3)10-8-9(15-4)6-7-12(10)14/h6-8,11,14H,5H2,1-4H3.